The molecule has 0 aromatic heterocycles. The molecular weight excluding hydrogens is 288 g/mol. The summed E-state index contributed by atoms with van der Waals surface area (Å²) in [5.41, 5.74) is 1.47. The highest BCUT2D eigenvalue weighted by molar-refractivity contribution is 9.10. The van der Waals surface area contributed by atoms with Crippen molar-refractivity contribution in [2.45, 2.75) is 19.8 Å². The minimum absolute atomic E-state index is 0.546. The van der Waals surface area contributed by atoms with Gasteiger partial charge in [0.25, 0.3) is 0 Å². The van der Waals surface area contributed by atoms with E-state index in [4.69, 9.17) is 14.6 Å². The molecule has 1 atom stereocenters. The van der Waals surface area contributed by atoms with Gasteiger partial charge in [-0.15, -0.1) is 0 Å². The van der Waals surface area contributed by atoms with Gasteiger partial charge < -0.3 is 14.6 Å². The van der Waals surface area contributed by atoms with E-state index in [0.717, 1.165) is 5.56 Å². The van der Waals surface area contributed by atoms with Crippen molar-refractivity contribution in [2.75, 3.05) is 14.2 Å². The smallest absolute Gasteiger partial charge is 0.310 e. The summed E-state index contributed by atoms with van der Waals surface area (Å²) in [7, 11) is 3.07. The molecule has 1 unspecified atom stereocenters. The van der Waals surface area contributed by atoms with E-state index in [-0.39, 0.29) is 0 Å². The summed E-state index contributed by atoms with van der Waals surface area (Å²) >= 11 is 3.38. The Bertz CT molecular complexity index is 443. The Morgan fingerprint density at radius 1 is 1.41 bits per heavy atom. The van der Waals surface area contributed by atoms with Crippen LogP contribution in [0.2, 0.25) is 0 Å². The molecule has 0 heterocycles. The molecule has 1 N–H and O–H groups in total. The topological polar surface area (TPSA) is 55.8 Å². The number of benzene rings is 1. The Hall–Kier alpha value is -1.23. The van der Waals surface area contributed by atoms with E-state index in [1.807, 2.05) is 6.92 Å². The van der Waals surface area contributed by atoms with Crippen molar-refractivity contribution in [1.82, 2.24) is 0 Å². The number of carboxylic acid groups (broad SMARTS) is 1. The number of aliphatic carboxylic acids is 1. The number of carboxylic acids is 1. The molecule has 0 aliphatic carbocycles. The molecule has 4 nitrogen and oxygen atoms in total. The first-order chi connectivity index (χ1) is 7.93. The number of aryl methyl sites for hydroxylation is 1. The van der Waals surface area contributed by atoms with Crippen LogP contribution in [-0.4, -0.2) is 25.3 Å². The molecule has 0 saturated carbocycles. The van der Waals surface area contributed by atoms with Crippen molar-refractivity contribution in [2.24, 2.45) is 0 Å². The van der Waals surface area contributed by atoms with Crippen LogP contribution in [-0.2, 0) is 4.79 Å². The molecule has 0 spiro atoms. The van der Waals surface area contributed by atoms with Gasteiger partial charge in [-0.25, -0.2) is 0 Å². The maximum atomic E-state index is 11.1. The third-order valence-corrected chi connectivity index (χ3v) is 3.42. The monoisotopic (exact) mass is 302 g/mol. The van der Waals surface area contributed by atoms with Gasteiger partial charge in [-0.1, -0.05) is 0 Å². The molecule has 0 bridgehead atoms. The Balaban J connectivity index is 3.50. The van der Waals surface area contributed by atoms with Gasteiger partial charge in [0.15, 0.2) is 0 Å². The van der Waals surface area contributed by atoms with Gasteiger partial charge in [-0.05, 0) is 41.4 Å². The lowest BCUT2D eigenvalue weighted by Gasteiger charge is -2.18. The Morgan fingerprint density at radius 3 is 2.41 bits per heavy atom. The zero-order valence-corrected chi connectivity index (χ0v) is 11.8. The van der Waals surface area contributed by atoms with E-state index in [2.05, 4.69) is 15.9 Å². The lowest BCUT2D eigenvalue weighted by atomic mass is 9.98. The summed E-state index contributed by atoms with van der Waals surface area (Å²) in [6.07, 6.45) is 0. The van der Waals surface area contributed by atoms with E-state index >= 15 is 0 Å². The molecular formula is C12H15BrO4. The summed E-state index contributed by atoms with van der Waals surface area (Å²) in [5, 5.41) is 9.10. The highest BCUT2D eigenvalue weighted by Gasteiger charge is 2.24. The minimum Gasteiger partial charge on any atom is -0.496 e. The fraction of sp³-hybridized carbons (Fsp3) is 0.417. The highest BCUT2D eigenvalue weighted by atomic mass is 79.9. The first-order valence-corrected chi connectivity index (χ1v) is 5.87. The number of ether oxygens (including phenoxy) is 2. The maximum Gasteiger partial charge on any atom is 0.310 e. The van der Waals surface area contributed by atoms with Gasteiger partial charge in [0.1, 0.15) is 11.5 Å². The lowest BCUT2D eigenvalue weighted by molar-refractivity contribution is -0.138. The second kappa shape index (κ2) is 5.40. The number of carbonyl (C=O) groups is 1. The van der Waals surface area contributed by atoms with Crippen molar-refractivity contribution in [3.8, 4) is 11.5 Å². The molecule has 5 heteroatoms. The molecule has 1 aromatic rings. The van der Waals surface area contributed by atoms with Crippen LogP contribution in [0.25, 0.3) is 0 Å². The van der Waals surface area contributed by atoms with Crippen molar-refractivity contribution < 1.29 is 19.4 Å². The summed E-state index contributed by atoms with van der Waals surface area (Å²) < 4.78 is 11.1. The minimum atomic E-state index is -0.907. The highest BCUT2D eigenvalue weighted by Crippen LogP contribution is 2.42. The summed E-state index contributed by atoms with van der Waals surface area (Å²) in [6.45, 7) is 3.49. The van der Waals surface area contributed by atoms with Crippen LogP contribution in [0, 0.1) is 6.92 Å². The predicted octanol–water partition coefficient (Wildman–Crippen LogP) is 2.96. The van der Waals surface area contributed by atoms with E-state index in [0.29, 0.717) is 21.5 Å². The Kier molecular flexibility index (Phi) is 4.40. The van der Waals surface area contributed by atoms with Crippen molar-refractivity contribution in [3.05, 3.63) is 21.7 Å². The number of hydrogen-bond acceptors (Lipinski definition) is 3. The fourth-order valence-electron chi connectivity index (χ4n) is 1.69. The number of methoxy groups -OCH3 is 2. The molecule has 0 fully saturated rings. The van der Waals surface area contributed by atoms with Crippen LogP contribution >= 0.6 is 15.9 Å². The predicted molar refractivity (Wildman–Crippen MR) is 68.0 cm³/mol. The summed E-state index contributed by atoms with van der Waals surface area (Å²) in [4.78, 5) is 11.1. The first-order valence-electron chi connectivity index (χ1n) is 5.07. The average molecular weight is 303 g/mol. The largest absolute Gasteiger partial charge is 0.496 e. The Labute approximate surface area is 109 Å². The third-order valence-electron chi connectivity index (χ3n) is 2.63. The average Bonchev–Trinajstić information content (AvgIpc) is 2.27. The van der Waals surface area contributed by atoms with Crippen molar-refractivity contribution >= 4 is 21.9 Å². The number of halogens is 1. The SMILES string of the molecule is COc1cc(C)c(OC)c(Br)c1C(C)C(=O)O. The maximum absolute atomic E-state index is 11.1. The van der Waals surface area contributed by atoms with Gasteiger partial charge in [-0.3, -0.25) is 4.79 Å². The van der Waals surface area contributed by atoms with E-state index in [1.165, 1.54) is 7.11 Å². The Morgan fingerprint density at radius 2 is 2.00 bits per heavy atom. The molecule has 1 rings (SSSR count). The van der Waals surface area contributed by atoms with Crippen LogP contribution in [0.5, 0.6) is 11.5 Å². The lowest BCUT2D eigenvalue weighted by Crippen LogP contribution is -2.10. The van der Waals surface area contributed by atoms with Crippen molar-refractivity contribution in [1.29, 1.82) is 0 Å². The molecule has 0 aliphatic rings. The van der Waals surface area contributed by atoms with Gasteiger partial charge in [0.05, 0.1) is 24.6 Å². The summed E-state index contributed by atoms with van der Waals surface area (Å²) in [5.74, 6) is -0.400. The molecule has 0 saturated heterocycles. The van der Waals surface area contributed by atoms with Crippen LogP contribution in [0.4, 0.5) is 0 Å². The zero-order valence-electron chi connectivity index (χ0n) is 10.2. The quantitative estimate of drug-likeness (QED) is 0.929. The molecule has 94 valence electrons. The van der Waals surface area contributed by atoms with Gasteiger partial charge in [-0.2, -0.15) is 0 Å². The van der Waals surface area contributed by atoms with Gasteiger partial charge in [0.2, 0.25) is 0 Å². The van der Waals surface area contributed by atoms with Crippen LogP contribution in [0.3, 0.4) is 0 Å². The van der Waals surface area contributed by atoms with Crippen molar-refractivity contribution in [3.63, 3.8) is 0 Å². The molecule has 0 aliphatic heterocycles. The van der Waals surface area contributed by atoms with E-state index < -0.39 is 11.9 Å². The number of rotatable bonds is 4. The molecule has 0 radical (unpaired) electrons. The molecule has 17 heavy (non-hydrogen) atoms. The van der Waals surface area contributed by atoms with Crippen LogP contribution in [0.15, 0.2) is 10.5 Å². The molecule has 1 aromatic carbocycles. The second-order valence-corrected chi connectivity index (χ2v) is 4.51. The number of hydrogen-bond donors (Lipinski definition) is 1. The normalized spacial score (nSPS) is 12.1. The van der Waals surface area contributed by atoms with Crippen LogP contribution in [0.1, 0.15) is 24.0 Å². The van der Waals surface area contributed by atoms with Gasteiger partial charge in [0, 0.05) is 5.56 Å². The van der Waals surface area contributed by atoms with E-state index in [1.54, 1.807) is 20.1 Å². The summed E-state index contributed by atoms with van der Waals surface area (Å²) in [6, 6.07) is 1.78. The zero-order chi connectivity index (χ0) is 13.2. The van der Waals surface area contributed by atoms with E-state index in [9.17, 15) is 4.79 Å². The van der Waals surface area contributed by atoms with Gasteiger partial charge >= 0.3 is 5.97 Å². The second-order valence-electron chi connectivity index (χ2n) is 3.72. The fourth-order valence-corrected chi connectivity index (χ4v) is 2.70. The standard InChI is InChI=1S/C12H15BrO4/c1-6-5-8(16-3)9(7(2)12(14)15)10(13)11(6)17-4/h5,7H,1-4H3,(H,14,15). The third kappa shape index (κ3) is 2.54. The van der Waals surface area contributed by atoms with Crippen LogP contribution < -0.4 is 9.47 Å². The molecule has 0 amide bonds. The first kappa shape index (κ1) is 13.8.